The SMILES string of the molecule is CC.CC(C)N1CCN(CCNC(=O)CC2CCN(C)CC2)CC1. The third-order valence-corrected chi connectivity index (χ3v) is 5.20. The lowest BCUT2D eigenvalue weighted by molar-refractivity contribution is -0.122. The van der Waals surface area contributed by atoms with Crippen molar-refractivity contribution < 1.29 is 4.79 Å². The normalized spacial score (nSPS) is 21.4. The van der Waals surface area contributed by atoms with E-state index in [1.54, 1.807) is 0 Å². The van der Waals surface area contributed by atoms with Crippen molar-refractivity contribution in [3.8, 4) is 0 Å². The van der Waals surface area contributed by atoms with Crippen molar-refractivity contribution >= 4 is 5.91 Å². The summed E-state index contributed by atoms with van der Waals surface area (Å²) in [6, 6.07) is 0.649. The Morgan fingerprint density at radius 2 is 1.62 bits per heavy atom. The number of rotatable bonds is 6. The number of amides is 1. The van der Waals surface area contributed by atoms with Gasteiger partial charge < -0.3 is 10.2 Å². The predicted molar refractivity (Wildman–Crippen MR) is 102 cm³/mol. The summed E-state index contributed by atoms with van der Waals surface area (Å²) in [6.45, 7) is 17.2. The van der Waals surface area contributed by atoms with E-state index in [0.717, 1.165) is 58.8 Å². The topological polar surface area (TPSA) is 38.8 Å². The first-order chi connectivity index (χ1) is 11.5. The number of carbonyl (C=O) groups is 1. The first-order valence-electron chi connectivity index (χ1n) is 9.96. The van der Waals surface area contributed by atoms with Gasteiger partial charge in [-0.2, -0.15) is 0 Å². The molecule has 0 aromatic carbocycles. The zero-order chi connectivity index (χ0) is 17.9. The van der Waals surface area contributed by atoms with Crippen LogP contribution >= 0.6 is 0 Å². The molecule has 0 unspecified atom stereocenters. The standard InChI is InChI=1S/C17H34N4O.C2H6/c1-15(2)21-12-10-20(11-13-21)9-6-18-17(22)14-16-4-7-19(3)8-5-16;1-2/h15-16H,4-14H2,1-3H3,(H,18,22);1-2H3. The van der Waals surface area contributed by atoms with Gasteiger partial charge in [0.15, 0.2) is 0 Å². The average Bonchev–Trinajstić information content (AvgIpc) is 2.59. The van der Waals surface area contributed by atoms with Crippen LogP contribution in [0.15, 0.2) is 0 Å². The third kappa shape index (κ3) is 7.95. The van der Waals surface area contributed by atoms with Crippen molar-refractivity contribution in [2.24, 2.45) is 5.92 Å². The van der Waals surface area contributed by atoms with Crippen LogP contribution in [0.1, 0.15) is 47.0 Å². The Balaban J connectivity index is 0.00000139. The van der Waals surface area contributed by atoms with Gasteiger partial charge in [0.1, 0.15) is 0 Å². The molecule has 0 aliphatic carbocycles. The molecule has 5 nitrogen and oxygen atoms in total. The van der Waals surface area contributed by atoms with E-state index in [0.29, 0.717) is 12.0 Å². The highest BCUT2D eigenvalue weighted by Crippen LogP contribution is 2.19. The number of piperidine rings is 1. The average molecular weight is 341 g/mol. The zero-order valence-corrected chi connectivity index (χ0v) is 16.7. The molecule has 2 rings (SSSR count). The fourth-order valence-corrected chi connectivity index (χ4v) is 3.46. The molecule has 2 fully saturated rings. The number of piperazine rings is 1. The maximum atomic E-state index is 12.0. The van der Waals surface area contributed by atoms with Crippen LogP contribution < -0.4 is 5.32 Å². The lowest BCUT2D eigenvalue weighted by atomic mass is 9.93. The Bertz CT molecular complexity index is 332. The molecule has 142 valence electrons. The molecule has 1 amide bonds. The molecule has 0 radical (unpaired) electrons. The van der Waals surface area contributed by atoms with Crippen molar-refractivity contribution in [1.82, 2.24) is 20.0 Å². The lowest BCUT2D eigenvalue weighted by Crippen LogP contribution is -2.50. The molecule has 0 atom stereocenters. The molecule has 0 spiro atoms. The summed E-state index contributed by atoms with van der Waals surface area (Å²) in [6.07, 6.45) is 3.05. The van der Waals surface area contributed by atoms with Gasteiger partial charge in [-0.1, -0.05) is 13.8 Å². The van der Waals surface area contributed by atoms with Gasteiger partial charge in [0.25, 0.3) is 0 Å². The van der Waals surface area contributed by atoms with Crippen LogP contribution in [-0.4, -0.2) is 86.1 Å². The molecule has 0 aromatic heterocycles. The Hall–Kier alpha value is -0.650. The predicted octanol–water partition coefficient (Wildman–Crippen LogP) is 1.89. The number of hydrogen-bond acceptors (Lipinski definition) is 4. The van der Waals surface area contributed by atoms with Gasteiger partial charge in [0.2, 0.25) is 5.91 Å². The second kappa shape index (κ2) is 11.8. The van der Waals surface area contributed by atoms with Gasteiger partial charge >= 0.3 is 0 Å². The van der Waals surface area contributed by atoms with Crippen molar-refractivity contribution in [2.75, 3.05) is 59.4 Å². The van der Waals surface area contributed by atoms with E-state index in [4.69, 9.17) is 0 Å². The summed E-state index contributed by atoms with van der Waals surface area (Å²) in [5, 5.41) is 3.11. The molecule has 2 aliphatic rings. The summed E-state index contributed by atoms with van der Waals surface area (Å²) in [5.41, 5.74) is 0. The molecule has 0 bridgehead atoms. The van der Waals surface area contributed by atoms with Crippen LogP contribution in [0.25, 0.3) is 0 Å². The second-order valence-electron chi connectivity index (χ2n) is 7.27. The monoisotopic (exact) mass is 340 g/mol. The highest BCUT2D eigenvalue weighted by Gasteiger charge is 2.20. The van der Waals surface area contributed by atoms with E-state index in [9.17, 15) is 4.79 Å². The largest absolute Gasteiger partial charge is 0.355 e. The maximum absolute atomic E-state index is 12.0. The molecular formula is C19H40N4O. The second-order valence-corrected chi connectivity index (χ2v) is 7.27. The fraction of sp³-hybridized carbons (Fsp3) is 0.947. The van der Waals surface area contributed by atoms with Crippen LogP contribution in [0.3, 0.4) is 0 Å². The number of hydrogen-bond donors (Lipinski definition) is 1. The van der Waals surface area contributed by atoms with E-state index < -0.39 is 0 Å². The minimum Gasteiger partial charge on any atom is -0.355 e. The van der Waals surface area contributed by atoms with Crippen LogP contribution in [0.5, 0.6) is 0 Å². The molecular weight excluding hydrogens is 300 g/mol. The number of nitrogens with zero attached hydrogens (tertiary/aromatic N) is 3. The van der Waals surface area contributed by atoms with Crippen molar-refractivity contribution in [3.63, 3.8) is 0 Å². The maximum Gasteiger partial charge on any atom is 0.220 e. The number of nitrogens with one attached hydrogen (secondary N) is 1. The number of likely N-dealkylation sites (tertiary alicyclic amines) is 1. The van der Waals surface area contributed by atoms with Crippen LogP contribution in [0.2, 0.25) is 0 Å². The van der Waals surface area contributed by atoms with E-state index >= 15 is 0 Å². The van der Waals surface area contributed by atoms with Crippen molar-refractivity contribution in [3.05, 3.63) is 0 Å². The van der Waals surface area contributed by atoms with E-state index in [1.165, 1.54) is 12.8 Å². The smallest absolute Gasteiger partial charge is 0.220 e. The molecule has 0 aromatic rings. The fourth-order valence-electron chi connectivity index (χ4n) is 3.46. The highest BCUT2D eigenvalue weighted by atomic mass is 16.1. The van der Waals surface area contributed by atoms with Gasteiger partial charge in [-0.05, 0) is 52.7 Å². The lowest BCUT2D eigenvalue weighted by Gasteiger charge is -2.36. The molecule has 2 saturated heterocycles. The van der Waals surface area contributed by atoms with Gasteiger partial charge in [-0.25, -0.2) is 0 Å². The van der Waals surface area contributed by atoms with Crippen LogP contribution in [0.4, 0.5) is 0 Å². The highest BCUT2D eigenvalue weighted by molar-refractivity contribution is 5.76. The van der Waals surface area contributed by atoms with Crippen LogP contribution in [-0.2, 0) is 4.79 Å². The molecule has 1 N–H and O–H groups in total. The number of carbonyl (C=O) groups excluding carboxylic acids is 1. The third-order valence-electron chi connectivity index (χ3n) is 5.20. The summed E-state index contributed by atoms with van der Waals surface area (Å²) in [4.78, 5) is 19.4. The Kier molecular flexibility index (Phi) is 10.5. The van der Waals surface area contributed by atoms with Crippen molar-refractivity contribution in [2.45, 2.75) is 53.0 Å². The van der Waals surface area contributed by atoms with E-state index in [-0.39, 0.29) is 5.91 Å². The summed E-state index contributed by atoms with van der Waals surface area (Å²) < 4.78 is 0. The quantitative estimate of drug-likeness (QED) is 0.801. The Morgan fingerprint density at radius 3 is 2.17 bits per heavy atom. The Labute approximate surface area is 149 Å². The van der Waals surface area contributed by atoms with Gasteiger partial charge in [0.05, 0.1) is 0 Å². The zero-order valence-electron chi connectivity index (χ0n) is 16.7. The minimum absolute atomic E-state index is 0.246. The molecule has 5 heteroatoms. The molecule has 2 aliphatic heterocycles. The van der Waals surface area contributed by atoms with E-state index in [2.05, 4.69) is 40.9 Å². The van der Waals surface area contributed by atoms with Gasteiger partial charge in [0, 0.05) is 51.7 Å². The minimum atomic E-state index is 0.246. The first kappa shape index (κ1) is 21.4. The molecule has 24 heavy (non-hydrogen) atoms. The van der Waals surface area contributed by atoms with Gasteiger partial charge in [-0.3, -0.25) is 14.6 Å². The molecule has 2 heterocycles. The van der Waals surface area contributed by atoms with E-state index in [1.807, 2.05) is 13.8 Å². The van der Waals surface area contributed by atoms with Crippen molar-refractivity contribution in [1.29, 1.82) is 0 Å². The summed E-state index contributed by atoms with van der Waals surface area (Å²) in [7, 11) is 2.16. The molecule has 0 saturated carbocycles. The van der Waals surface area contributed by atoms with Crippen LogP contribution in [0, 0.1) is 5.92 Å². The Morgan fingerprint density at radius 1 is 1.04 bits per heavy atom. The summed E-state index contributed by atoms with van der Waals surface area (Å²) >= 11 is 0. The summed E-state index contributed by atoms with van der Waals surface area (Å²) in [5.74, 6) is 0.834. The van der Waals surface area contributed by atoms with Gasteiger partial charge in [-0.15, -0.1) is 0 Å². The first-order valence-corrected chi connectivity index (χ1v) is 9.96.